The molecule has 1 aromatic rings. The lowest BCUT2D eigenvalue weighted by atomic mass is 10.4. The molecule has 0 aliphatic carbocycles. The lowest BCUT2D eigenvalue weighted by Gasteiger charge is -2.12. The highest BCUT2D eigenvalue weighted by Gasteiger charge is 2.18. The number of hydrogen-bond acceptors (Lipinski definition) is 3. The molecule has 0 aliphatic heterocycles. The standard InChI is InChI=1S/C10H13Br2NO3S/c1-7(16-2)6-13-17(14,15)10-5-8(11)3-4-9(10)12/h3-5,7,13H,6H2,1-2H3. The van der Waals surface area contributed by atoms with Crippen molar-refractivity contribution in [2.45, 2.75) is 17.9 Å². The molecular formula is C10H13Br2NO3S. The van der Waals surface area contributed by atoms with Crippen LogP contribution in [0.4, 0.5) is 0 Å². The second-order valence-corrected chi connectivity index (χ2v) is 6.98. The van der Waals surface area contributed by atoms with Crippen LogP contribution in [0.3, 0.4) is 0 Å². The summed E-state index contributed by atoms with van der Waals surface area (Å²) in [6, 6.07) is 4.99. The van der Waals surface area contributed by atoms with Crippen LogP contribution in [0.1, 0.15) is 6.92 Å². The van der Waals surface area contributed by atoms with Crippen LogP contribution in [0.2, 0.25) is 0 Å². The Kier molecular flexibility index (Phi) is 5.59. The molecule has 7 heteroatoms. The van der Waals surface area contributed by atoms with E-state index in [0.717, 1.165) is 0 Å². The minimum atomic E-state index is -3.53. The van der Waals surface area contributed by atoms with Gasteiger partial charge in [-0.25, -0.2) is 13.1 Å². The molecule has 0 heterocycles. The molecule has 1 N–H and O–H groups in total. The monoisotopic (exact) mass is 385 g/mol. The second-order valence-electron chi connectivity index (χ2n) is 3.47. The fourth-order valence-electron chi connectivity index (χ4n) is 1.07. The zero-order valence-corrected chi connectivity index (χ0v) is 13.4. The first kappa shape index (κ1) is 15.1. The Hall–Kier alpha value is 0.0500. The predicted octanol–water partition coefficient (Wildman–Crippen LogP) is 2.52. The molecule has 4 nitrogen and oxygen atoms in total. The summed E-state index contributed by atoms with van der Waals surface area (Å²) in [7, 11) is -1.99. The molecule has 1 aromatic carbocycles. The summed E-state index contributed by atoms with van der Waals surface area (Å²) in [5.74, 6) is 0. The summed E-state index contributed by atoms with van der Waals surface area (Å²) >= 11 is 6.46. The van der Waals surface area contributed by atoms with E-state index in [2.05, 4.69) is 36.6 Å². The van der Waals surface area contributed by atoms with Gasteiger partial charge in [-0.05, 0) is 41.1 Å². The summed E-state index contributed by atoms with van der Waals surface area (Å²) in [6.45, 7) is 2.02. The minimum Gasteiger partial charge on any atom is -0.380 e. The molecule has 0 aromatic heterocycles. The summed E-state index contributed by atoms with van der Waals surface area (Å²) in [4.78, 5) is 0.204. The molecule has 0 fully saturated rings. The first-order chi connectivity index (χ1) is 7.86. The van der Waals surface area contributed by atoms with Crippen LogP contribution >= 0.6 is 31.9 Å². The summed E-state index contributed by atoms with van der Waals surface area (Å²) in [5, 5.41) is 0. The van der Waals surface area contributed by atoms with Crippen LogP contribution in [-0.4, -0.2) is 28.2 Å². The van der Waals surface area contributed by atoms with Crippen molar-refractivity contribution in [3.63, 3.8) is 0 Å². The van der Waals surface area contributed by atoms with E-state index in [9.17, 15) is 8.42 Å². The van der Waals surface area contributed by atoms with Gasteiger partial charge < -0.3 is 4.74 Å². The van der Waals surface area contributed by atoms with Crippen molar-refractivity contribution >= 4 is 41.9 Å². The molecule has 0 radical (unpaired) electrons. The van der Waals surface area contributed by atoms with Gasteiger partial charge in [0.2, 0.25) is 10.0 Å². The molecule has 1 unspecified atom stereocenters. The minimum absolute atomic E-state index is 0.171. The van der Waals surface area contributed by atoms with Crippen LogP contribution < -0.4 is 4.72 Å². The molecule has 17 heavy (non-hydrogen) atoms. The molecule has 0 saturated carbocycles. The predicted molar refractivity (Wildman–Crippen MR) is 73.5 cm³/mol. The molecule has 1 rings (SSSR count). The van der Waals surface area contributed by atoms with Gasteiger partial charge in [0.15, 0.2) is 0 Å². The topological polar surface area (TPSA) is 55.4 Å². The number of benzene rings is 1. The summed E-state index contributed by atoms with van der Waals surface area (Å²) in [6.07, 6.45) is -0.171. The third-order valence-corrected chi connectivity index (χ3v) is 5.06. The third-order valence-electron chi connectivity index (χ3n) is 2.15. The molecule has 0 aliphatic rings. The smallest absolute Gasteiger partial charge is 0.241 e. The van der Waals surface area contributed by atoms with Crippen molar-refractivity contribution in [2.24, 2.45) is 0 Å². The van der Waals surface area contributed by atoms with Gasteiger partial charge in [-0.15, -0.1) is 0 Å². The normalized spacial score (nSPS) is 13.6. The SMILES string of the molecule is COC(C)CNS(=O)(=O)c1cc(Br)ccc1Br. The van der Waals surface area contributed by atoms with E-state index in [0.29, 0.717) is 8.95 Å². The highest BCUT2D eigenvalue weighted by Crippen LogP contribution is 2.25. The van der Waals surface area contributed by atoms with Gasteiger partial charge >= 0.3 is 0 Å². The van der Waals surface area contributed by atoms with Crippen molar-refractivity contribution < 1.29 is 13.2 Å². The Morgan fingerprint density at radius 3 is 2.65 bits per heavy atom. The van der Waals surface area contributed by atoms with Gasteiger partial charge in [-0.1, -0.05) is 15.9 Å². The quantitative estimate of drug-likeness (QED) is 0.845. The van der Waals surface area contributed by atoms with Crippen LogP contribution in [-0.2, 0) is 14.8 Å². The Morgan fingerprint density at radius 2 is 2.06 bits per heavy atom. The number of rotatable bonds is 5. The highest BCUT2D eigenvalue weighted by atomic mass is 79.9. The van der Waals surface area contributed by atoms with E-state index in [1.165, 1.54) is 7.11 Å². The maximum Gasteiger partial charge on any atom is 0.241 e. The Balaban J connectivity index is 2.93. The molecule has 0 saturated heterocycles. The lowest BCUT2D eigenvalue weighted by Crippen LogP contribution is -2.31. The van der Waals surface area contributed by atoms with Crippen molar-refractivity contribution in [2.75, 3.05) is 13.7 Å². The second kappa shape index (κ2) is 6.29. The third kappa shape index (κ3) is 4.33. The van der Waals surface area contributed by atoms with Crippen LogP contribution in [0.5, 0.6) is 0 Å². The number of nitrogens with one attached hydrogen (secondary N) is 1. The number of ether oxygens (including phenoxy) is 1. The Morgan fingerprint density at radius 1 is 1.41 bits per heavy atom. The number of halogens is 2. The lowest BCUT2D eigenvalue weighted by molar-refractivity contribution is 0.122. The van der Waals surface area contributed by atoms with Crippen LogP contribution in [0.25, 0.3) is 0 Å². The molecule has 0 amide bonds. The zero-order chi connectivity index (χ0) is 13.1. The van der Waals surface area contributed by atoms with E-state index in [-0.39, 0.29) is 17.5 Å². The maximum absolute atomic E-state index is 12.0. The van der Waals surface area contributed by atoms with Crippen molar-refractivity contribution in [1.82, 2.24) is 4.72 Å². The van der Waals surface area contributed by atoms with Gasteiger partial charge in [0.1, 0.15) is 0 Å². The van der Waals surface area contributed by atoms with Gasteiger partial charge in [-0.2, -0.15) is 0 Å². The first-order valence-corrected chi connectivity index (χ1v) is 7.91. The van der Waals surface area contributed by atoms with Gasteiger partial charge in [0.25, 0.3) is 0 Å². The number of methoxy groups -OCH3 is 1. The van der Waals surface area contributed by atoms with E-state index in [1.54, 1.807) is 25.1 Å². The highest BCUT2D eigenvalue weighted by molar-refractivity contribution is 9.11. The number of sulfonamides is 1. The van der Waals surface area contributed by atoms with Gasteiger partial charge in [0, 0.05) is 22.6 Å². The molecule has 1 atom stereocenters. The van der Waals surface area contributed by atoms with E-state index in [1.807, 2.05) is 0 Å². The Labute approximate surface area is 118 Å². The fraction of sp³-hybridized carbons (Fsp3) is 0.400. The van der Waals surface area contributed by atoms with Crippen LogP contribution in [0.15, 0.2) is 32.0 Å². The van der Waals surface area contributed by atoms with Gasteiger partial charge in [0.05, 0.1) is 11.0 Å². The largest absolute Gasteiger partial charge is 0.380 e. The van der Waals surface area contributed by atoms with Crippen molar-refractivity contribution in [3.8, 4) is 0 Å². The molecule has 0 spiro atoms. The molecule has 96 valence electrons. The van der Waals surface area contributed by atoms with Gasteiger partial charge in [-0.3, -0.25) is 0 Å². The van der Waals surface area contributed by atoms with Crippen molar-refractivity contribution in [3.05, 3.63) is 27.1 Å². The van der Waals surface area contributed by atoms with Crippen molar-refractivity contribution in [1.29, 1.82) is 0 Å². The average Bonchev–Trinajstić information content (AvgIpc) is 2.29. The first-order valence-electron chi connectivity index (χ1n) is 4.84. The zero-order valence-electron chi connectivity index (χ0n) is 9.41. The van der Waals surface area contributed by atoms with E-state index < -0.39 is 10.0 Å². The molecular weight excluding hydrogens is 374 g/mol. The maximum atomic E-state index is 12.0. The number of hydrogen-bond donors (Lipinski definition) is 1. The Bertz CT molecular complexity index is 490. The summed E-state index contributed by atoms with van der Waals surface area (Å²) < 4.78 is 32.7. The fourth-order valence-corrected chi connectivity index (χ4v) is 3.69. The van der Waals surface area contributed by atoms with E-state index >= 15 is 0 Å². The van der Waals surface area contributed by atoms with E-state index in [4.69, 9.17) is 4.74 Å². The summed E-state index contributed by atoms with van der Waals surface area (Å²) in [5.41, 5.74) is 0. The average molecular weight is 387 g/mol. The molecule has 0 bridgehead atoms. The van der Waals surface area contributed by atoms with Crippen LogP contribution in [0, 0.1) is 0 Å².